The van der Waals surface area contributed by atoms with Crippen LogP contribution in [0.5, 0.6) is 0 Å². The molecule has 0 heterocycles. The molecule has 0 aliphatic rings. The number of aliphatic hydroxyl groups is 1. The van der Waals surface area contributed by atoms with Crippen molar-refractivity contribution in [2.75, 3.05) is 10.8 Å². The molecule has 0 amide bonds. The average molecular weight is 493 g/mol. The summed E-state index contributed by atoms with van der Waals surface area (Å²) in [6, 6.07) is 8.21. The average Bonchev–Trinajstić information content (AvgIpc) is 2.67. The van der Waals surface area contributed by atoms with Crippen molar-refractivity contribution >= 4 is 17.6 Å². The third-order valence-electron chi connectivity index (χ3n) is 3.95. The molecule has 32 heavy (non-hydrogen) atoms. The van der Waals surface area contributed by atoms with Crippen LogP contribution in [0.3, 0.4) is 0 Å². The minimum absolute atomic E-state index is 0.298. The number of aryl methyl sites for hydroxylation is 1. The molecule has 0 fully saturated rings. The highest BCUT2D eigenvalue weighted by Gasteiger charge is 2.71. The molecule has 0 saturated carbocycles. The van der Waals surface area contributed by atoms with Gasteiger partial charge in [-0.3, -0.25) is 0 Å². The number of hydrogen-bond acceptors (Lipinski definition) is 3. The fourth-order valence-corrected chi connectivity index (χ4v) is 3.37. The molecule has 2 nitrogen and oxygen atoms in total. The van der Waals surface area contributed by atoms with Crippen LogP contribution in [0.4, 0.5) is 45.2 Å². The minimum atomic E-state index is -6.09. The van der Waals surface area contributed by atoms with Crippen molar-refractivity contribution in [3.8, 4) is 0 Å². The summed E-state index contributed by atoms with van der Waals surface area (Å²) < 4.78 is 117. The molecule has 2 aromatic carbocycles. The monoisotopic (exact) mass is 493 g/mol. The third-order valence-corrected chi connectivity index (χ3v) is 5.00. The molecule has 1 N–H and O–H groups in total. The van der Waals surface area contributed by atoms with Crippen molar-refractivity contribution in [1.29, 1.82) is 0 Å². The molecule has 2 rings (SSSR count). The summed E-state index contributed by atoms with van der Waals surface area (Å²) in [4.78, 5) is 0.371. The standard InChI is InChI=1S/C18H14F9NOS.C2H6/c1-11-2-8-14(9-3-11)30-28(10-15(19,20)21)13-6-4-12(5-7-13)16(29,17(22,23)24)18(25,26)27;1-2/h2-9,29H,10H2,1H3;1-2H3. The van der Waals surface area contributed by atoms with Crippen LogP contribution in [-0.4, -0.2) is 30.2 Å². The van der Waals surface area contributed by atoms with Gasteiger partial charge in [-0.05, 0) is 43.1 Å². The van der Waals surface area contributed by atoms with Crippen molar-refractivity contribution in [2.45, 2.75) is 49.8 Å². The van der Waals surface area contributed by atoms with Crippen LogP contribution in [0.1, 0.15) is 25.0 Å². The van der Waals surface area contributed by atoms with E-state index in [0.29, 0.717) is 45.4 Å². The van der Waals surface area contributed by atoms with Gasteiger partial charge in [-0.25, -0.2) is 0 Å². The van der Waals surface area contributed by atoms with E-state index in [1.807, 2.05) is 13.8 Å². The van der Waals surface area contributed by atoms with Crippen LogP contribution < -0.4 is 4.31 Å². The maximum atomic E-state index is 13.0. The number of alkyl halides is 9. The first-order valence-corrected chi connectivity index (χ1v) is 9.87. The molecule has 0 atom stereocenters. The van der Waals surface area contributed by atoms with E-state index in [2.05, 4.69) is 0 Å². The summed E-state index contributed by atoms with van der Waals surface area (Å²) >= 11 is 0.608. The van der Waals surface area contributed by atoms with E-state index in [1.165, 1.54) is 12.1 Å². The Kier molecular flexibility index (Phi) is 8.95. The Hall–Kier alpha value is -2.08. The normalized spacial score (nSPS) is 12.8. The molecular formula is C20H20F9NOS. The first-order chi connectivity index (χ1) is 14.5. The Morgan fingerprint density at radius 3 is 1.56 bits per heavy atom. The lowest BCUT2D eigenvalue weighted by Crippen LogP contribution is -2.53. The van der Waals surface area contributed by atoms with Crippen LogP contribution in [0.15, 0.2) is 53.4 Å². The van der Waals surface area contributed by atoms with Gasteiger partial charge in [-0.1, -0.05) is 43.7 Å². The lowest BCUT2D eigenvalue weighted by Gasteiger charge is -2.33. The van der Waals surface area contributed by atoms with E-state index in [1.54, 1.807) is 19.1 Å². The molecule has 0 radical (unpaired) electrons. The van der Waals surface area contributed by atoms with Gasteiger partial charge in [0.25, 0.3) is 5.60 Å². The largest absolute Gasteiger partial charge is 0.430 e. The number of anilines is 1. The van der Waals surface area contributed by atoms with Crippen LogP contribution in [0, 0.1) is 6.92 Å². The molecule has 0 spiro atoms. The van der Waals surface area contributed by atoms with Crippen LogP contribution >= 0.6 is 11.9 Å². The van der Waals surface area contributed by atoms with Gasteiger partial charge in [0.2, 0.25) is 0 Å². The van der Waals surface area contributed by atoms with Gasteiger partial charge in [0, 0.05) is 16.1 Å². The van der Waals surface area contributed by atoms with Crippen molar-refractivity contribution < 1.29 is 44.6 Å². The summed E-state index contributed by atoms with van der Waals surface area (Å²) in [7, 11) is 0. The third kappa shape index (κ3) is 6.71. The first kappa shape index (κ1) is 28.0. The molecule has 2 aromatic rings. The number of rotatable bonds is 5. The fraction of sp³-hybridized carbons (Fsp3) is 0.400. The summed E-state index contributed by atoms with van der Waals surface area (Å²) in [6.45, 7) is 4.23. The first-order valence-electron chi connectivity index (χ1n) is 9.10. The van der Waals surface area contributed by atoms with Crippen molar-refractivity contribution in [3.63, 3.8) is 0 Å². The zero-order valence-electron chi connectivity index (χ0n) is 17.0. The Morgan fingerprint density at radius 2 is 1.19 bits per heavy atom. The van der Waals surface area contributed by atoms with E-state index in [0.717, 1.165) is 5.56 Å². The van der Waals surface area contributed by atoms with Gasteiger partial charge in [-0.15, -0.1) is 0 Å². The molecule has 180 valence electrons. The van der Waals surface area contributed by atoms with Crippen LogP contribution in [0.2, 0.25) is 0 Å². The minimum Gasteiger partial charge on any atom is -0.369 e. The topological polar surface area (TPSA) is 23.5 Å². The van der Waals surface area contributed by atoms with Crippen molar-refractivity contribution in [3.05, 3.63) is 59.7 Å². The van der Waals surface area contributed by atoms with E-state index >= 15 is 0 Å². The van der Waals surface area contributed by atoms with Gasteiger partial charge >= 0.3 is 18.5 Å². The Balaban J connectivity index is 0.00000249. The second-order valence-corrected chi connectivity index (χ2v) is 7.40. The van der Waals surface area contributed by atoms with Crippen molar-refractivity contribution in [2.24, 2.45) is 0 Å². The summed E-state index contributed by atoms with van der Waals surface area (Å²) in [6.07, 6.45) is -16.9. The highest BCUT2D eigenvalue weighted by atomic mass is 32.2. The predicted octanol–water partition coefficient (Wildman–Crippen LogP) is 7.41. The van der Waals surface area contributed by atoms with Gasteiger partial charge in [-0.2, -0.15) is 39.5 Å². The second-order valence-electron chi connectivity index (χ2n) is 6.31. The SMILES string of the molecule is CC.Cc1ccc(SN(CC(F)(F)F)c2ccc(C(O)(C(F)(F)F)C(F)(F)F)cc2)cc1. The van der Waals surface area contributed by atoms with Crippen LogP contribution in [0.25, 0.3) is 0 Å². The predicted molar refractivity (Wildman–Crippen MR) is 104 cm³/mol. The Bertz CT molecular complexity index is 830. The van der Waals surface area contributed by atoms with Gasteiger partial charge in [0.05, 0.1) is 0 Å². The van der Waals surface area contributed by atoms with E-state index < -0.39 is 36.2 Å². The highest BCUT2D eigenvalue weighted by molar-refractivity contribution is 8.00. The number of benzene rings is 2. The second kappa shape index (κ2) is 10.2. The Morgan fingerprint density at radius 1 is 0.750 bits per heavy atom. The zero-order valence-corrected chi connectivity index (χ0v) is 17.8. The maximum absolute atomic E-state index is 13.0. The number of nitrogens with zero attached hydrogens (tertiary/aromatic N) is 1. The number of hydrogen-bond donors (Lipinski definition) is 1. The summed E-state index contributed by atoms with van der Waals surface area (Å²) in [5.74, 6) is 0. The fourth-order valence-electron chi connectivity index (χ4n) is 2.42. The molecule has 0 aliphatic heterocycles. The Labute approximate surface area is 183 Å². The lowest BCUT2D eigenvalue weighted by atomic mass is 9.92. The summed E-state index contributed by atoms with van der Waals surface area (Å²) in [5, 5.41) is 9.38. The van der Waals surface area contributed by atoms with Crippen molar-refractivity contribution in [1.82, 2.24) is 0 Å². The summed E-state index contributed by atoms with van der Waals surface area (Å²) in [5.41, 5.74) is -6.17. The van der Waals surface area contributed by atoms with Gasteiger partial charge < -0.3 is 9.41 Å². The number of halogens is 9. The maximum Gasteiger partial charge on any atom is 0.430 e. The smallest absolute Gasteiger partial charge is 0.369 e. The molecule has 12 heteroatoms. The lowest BCUT2D eigenvalue weighted by molar-refractivity contribution is -0.376. The van der Waals surface area contributed by atoms with Gasteiger partial charge in [0.15, 0.2) is 0 Å². The van der Waals surface area contributed by atoms with E-state index in [-0.39, 0.29) is 5.69 Å². The van der Waals surface area contributed by atoms with E-state index in [9.17, 15) is 44.6 Å². The molecule has 0 saturated heterocycles. The van der Waals surface area contributed by atoms with E-state index in [4.69, 9.17) is 0 Å². The van der Waals surface area contributed by atoms with Gasteiger partial charge in [0.1, 0.15) is 6.54 Å². The molecule has 0 bridgehead atoms. The van der Waals surface area contributed by atoms with Crippen LogP contribution in [-0.2, 0) is 5.60 Å². The molecule has 0 aliphatic carbocycles. The molecular weight excluding hydrogens is 473 g/mol. The quantitative estimate of drug-likeness (QED) is 0.347. The molecule has 0 unspecified atom stereocenters. The highest BCUT2D eigenvalue weighted by Crippen LogP contribution is 2.50. The zero-order chi connectivity index (χ0) is 25.0. The molecule has 0 aromatic heterocycles.